The quantitative estimate of drug-likeness (QED) is 0.550. The maximum atomic E-state index is 13.3. The highest BCUT2D eigenvalue weighted by atomic mass is 19.1. The van der Waals surface area contributed by atoms with Gasteiger partial charge in [-0.05, 0) is 55.7 Å². The van der Waals surface area contributed by atoms with Gasteiger partial charge in [0.1, 0.15) is 23.9 Å². The van der Waals surface area contributed by atoms with Gasteiger partial charge in [-0.15, -0.1) is 0 Å². The summed E-state index contributed by atoms with van der Waals surface area (Å²) in [6.07, 6.45) is 0.568. The van der Waals surface area contributed by atoms with Crippen LogP contribution in [-0.4, -0.2) is 16.7 Å². The predicted octanol–water partition coefficient (Wildman–Crippen LogP) is 5.06. The molecular formula is C23H23FN2O3. The van der Waals surface area contributed by atoms with Crippen molar-refractivity contribution in [2.45, 2.75) is 33.8 Å². The fraction of sp³-hybridized carbons (Fsp3) is 0.217. The monoisotopic (exact) mass is 394 g/mol. The van der Waals surface area contributed by atoms with Gasteiger partial charge in [0.2, 0.25) is 0 Å². The highest BCUT2D eigenvalue weighted by Crippen LogP contribution is 2.23. The van der Waals surface area contributed by atoms with E-state index in [-0.39, 0.29) is 24.1 Å². The first kappa shape index (κ1) is 20.3. The molecule has 0 spiro atoms. The average molecular weight is 394 g/mol. The van der Waals surface area contributed by atoms with Crippen molar-refractivity contribution < 1.29 is 18.7 Å². The standard InChI is InChI=1S/C23H23FN2O3/c1-4-20-21(15(3)27)14(2)25-22(20)23(28)26-18-9-6-10-19(12-18)29-13-16-7-5-8-17(24)11-16/h5-12,25H,4,13H2,1-3H3,(H,26,28). The summed E-state index contributed by atoms with van der Waals surface area (Å²) in [6, 6.07) is 13.2. The van der Waals surface area contributed by atoms with Gasteiger partial charge in [-0.3, -0.25) is 9.59 Å². The lowest BCUT2D eigenvalue weighted by molar-refractivity contribution is 0.101. The Morgan fingerprint density at radius 1 is 1.14 bits per heavy atom. The summed E-state index contributed by atoms with van der Waals surface area (Å²) in [5.74, 6) is -0.151. The number of carbonyl (C=O) groups is 2. The van der Waals surface area contributed by atoms with Crippen LogP contribution < -0.4 is 10.1 Å². The number of nitrogens with one attached hydrogen (secondary N) is 2. The summed E-state index contributed by atoms with van der Waals surface area (Å²) in [6.45, 7) is 5.41. The van der Waals surface area contributed by atoms with Gasteiger partial charge in [0.15, 0.2) is 5.78 Å². The van der Waals surface area contributed by atoms with Crippen molar-refractivity contribution in [2.24, 2.45) is 0 Å². The van der Waals surface area contributed by atoms with Crippen molar-refractivity contribution >= 4 is 17.4 Å². The number of aromatic amines is 1. The number of hydrogen-bond acceptors (Lipinski definition) is 3. The zero-order valence-corrected chi connectivity index (χ0v) is 16.6. The summed E-state index contributed by atoms with van der Waals surface area (Å²) in [4.78, 5) is 27.7. The van der Waals surface area contributed by atoms with Gasteiger partial charge in [0.25, 0.3) is 5.91 Å². The Morgan fingerprint density at radius 3 is 2.59 bits per heavy atom. The lowest BCUT2D eigenvalue weighted by Crippen LogP contribution is -2.14. The molecule has 0 radical (unpaired) electrons. The lowest BCUT2D eigenvalue weighted by atomic mass is 10.0. The molecule has 2 aromatic carbocycles. The number of ketones is 1. The number of carbonyl (C=O) groups excluding carboxylic acids is 2. The summed E-state index contributed by atoms with van der Waals surface area (Å²) >= 11 is 0. The number of H-pyrrole nitrogens is 1. The number of rotatable bonds is 7. The van der Waals surface area contributed by atoms with E-state index in [9.17, 15) is 14.0 Å². The number of Topliss-reactive ketones (excluding diaryl/α,β-unsaturated/α-hetero) is 1. The maximum Gasteiger partial charge on any atom is 0.272 e. The van der Waals surface area contributed by atoms with Gasteiger partial charge in [-0.25, -0.2) is 4.39 Å². The molecule has 1 heterocycles. The Balaban J connectivity index is 1.74. The Kier molecular flexibility index (Phi) is 6.12. The zero-order chi connectivity index (χ0) is 21.0. The Bertz CT molecular complexity index is 1060. The van der Waals surface area contributed by atoms with Gasteiger partial charge >= 0.3 is 0 Å². The van der Waals surface area contributed by atoms with Crippen molar-refractivity contribution in [3.63, 3.8) is 0 Å². The van der Waals surface area contributed by atoms with E-state index in [1.807, 2.05) is 6.92 Å². The van der Waals surface area contributed by atoms with Crippen LogP contribution in [0.25, 0.3) is 0 Å². The highest BCUT2D eigenvalue weighted by molar-refractivity contribution is 6.07. The van der Waals surface area contributed by atoms with Crippen LogP contribution in [0, 0.1) is 12.7 Å². The van der Waals surface area contributed by atoms with E-state index in [0.29, 0.717) is 45.9 Å². The number of anilines is 1. The van der Waals surface area contributed by atoms with Gasteiger partial charge in [0.05, 0.1) is 0 Å². The van der Waals surface area contributed by atoms with Gasteiger partial charge in [0, 0.05) is 23.0 Å². The molecule has 3 rings (SSSR count). The normalized spacial score (nSPS) is 10.6. The van der Waals surface area contributed by atoms with Crippen LogP contribution in [0.1, 0.15) is 51.5 Å². The molecule has 0 atom stereocenters. The molecule has 3 aromatic rings. The van der Waals surface area contributed by atoms with Crippen LogP contribution in [-0.2, 0) is 13.0 Å². The zero-order valence-electron chi connectivity index (χ0n) is 16.6. The molecule has 6 heteroatoms. The number of ether oxygens (including phenoxy) is 1. The number of amides is 1. The molecule has 0 fully saturated rings. The van der Waals surface area contributed by atoms with Crippen LogP contribution in [0.3, 0.4) is 0 Å². The largest absolute Gasteiger partial charge is 0.489 e. The lowest BCUT2D eigenvalue weighted by Gasteiger charge is -2.10. The Morgan fingerprint density at radius 2 is 1.90 bits per heavy atom. The van der Waals surface area contributed by atoms with Crippen LogP contribution in [0.5, 0.6) is 5.75 Å². The first-order valence-corrected chi connectivity index (χ1v) is 9.40. The van der Waals surface area contributed by atoms with Crippen LogP contribution in [0.15, 0.2) is 48.5 Å². The Hall–Kier alpha value is -3.41. The van der Waals surface area contributed by atoms with Crippen LogP contribution >= 0.6 is 0 Å². The topological polar surface area (TPSA) is 71.2 Å². The third kappa shape index (κ3) is 4.71. The van der Waals surface area contributed by atoms with Crippen LogP contribution in [0.4, 0.5) is 10.1 Å². The number of aryl methyl sites for hydroxylation is 1. The molecule has 0 aliphatic heterocycles. The minimum Gasteiger partial charge on any atom is -0.489 e. The van der Waals surface area contributed by atoms with Gasteiger partial charge in [-0.2, -0.15) is 0 Å². The minimum absolute atomic E-state index is 0.0672. The molecular weight excluding hydrogens is 371 g/mol. The smallest absolute Gasteiger partial charge is 0.272 e. The second-order valence-electron chi connectivity index (χ2n) is 6.79. The summed E-state index contributed by atoms with van der Waals surface area (Å²) < 4.78 is 19.0. The molecule has 0 saturated carbocycles. The SMILES string of the molecule is CCc1c(C(=O)Nc2cccc(OCc3cccc(F)c3)c2)[nH]c(C)c1C(C)=O. The highest BCUT2D eigenvalue weighted by Gasteiger charge is 2.21. The molecule has 0 bridgehead atoms. The number of hydrogen-bond donors (Lipinski definition) is 2. The van der Waals surface area contributed by atoms with E-state index in [1.165, 1.54) is 19.1 Å². The van der Waals surface area contributed by atoms with Crippen molar-refractivity contribution in [2.75, 3.05) is 5.32 Å². The third-order valence-corrected chi connectivity index (χ3v) is 4.61. The van der Waals surface area contributed by atoms with Crippen LogP contribution in [0.2, 0.25) is 0 Å². The third-order valence-electron chi connectivity index (χ3n) is 4.61. The fourth-order valence-corrected chi connectivity index (χ4v) is 3.35. The molecule has 29 heavy (non-hydrogen) atoms. The number of aromatic nitrogens is 1. The number of benzene rings is 2. The summed E-state index contributed by atoms with van der Waals surface area (Å²) in [7, 11) is 0. The van der Waals surface area contributed by atoms with E-state index in [1.54, 1.807) is 43.3 Å². The first-order chi connectivity index (χ1) is 13.9. The molecule has 0 aliphatic carbocycles. The molecule has 2 N–H and O–H groups in total. The van der Waals surface area contributed by atoms with E-state index < -0.39 is 0 Å². The summed E-state index contributed by atoms with van der Waals surface area (Å²) in [5.41, 5.74) is 3.64. The van der Waals surface area contributed by atoms with Crippen molar-refractivity contribution in [3.05, 3.63) is 82.4 Å². The molecule has 1 amide bonds. The molecule has 0 saturated heterocycles. The maximum absolute atomic E-state index is 13.3. The fourth-order valence-electron chi connectivity index (χ4n) is 3.35. The summed E-state index contributed by atoms with van der Waals surface area (Å²) in [5, 5.41) is 2.84. The van der Waals surface area contributed by atoms with Crippen molar-refractivity contribution in [3.8, 4) is 5.75 Å². The van der Waals surface area contributed by atoms with E-state index in [0.717, 1.165) is 0 Å². The average Bonchev–Trinajstić information content (AvgIpc) is 3.03. The van der Waals surface area contributed by atoms with Crippen molar-refractivity contribution in [1.29, 1.82) is 0 Å². The molecule has 1 aromatic heterocycles. The van der Waals surface area contributed by atoms with Gasteiger partial charge < -0.3 is 15.0 Å². The molecule has 5 nitrogen and oxygen atoms in total. The van der Waals surface area contributed by atoms with Crippen molar-refractivity contribution in [1.82, 2.24) is 4.98 Å². The van der Waals surface area contributed by atoms with Gasteiger partial charge in [-0.1, -0.05) is 25.1 Å². The van der Waals surface area contributed by atoms with E-state index >= 15 is 0 Å². The van der Waals surface area contributed by atoms with E-state index in [4.69, 9.17) is 4.74 Å². The second kappa shape index (κ2) is 8.73. The number of halogens is 1. The second-order valence-corrected chi connectivity index (χ2v) is 6.79. The first-order valence-electron chi connectivity index (χ1n) is 9.40. The molecule has 0 unspecified atom stereocenters. The predicted molar refractivity (Wildman–Crippen MR) is 110 cm³/mol. The molecule has 150 valence electrons. The minimum atomic E-state index is -0.320. The Labute approximate surface area is 168 Å². The van der Waals surface area contributed by atoms with E-state index in [2.05, 4.69) is 10.3 Å². The molecule has 0 aliphatic rings.